The van der Waals surface area contributed by atoms with Gasteiger partial charge in [0.05, 0.1) is 11.2 Å². The summed E-state index contributed by atoms with van der Waals surface area (Å²) in [5, 5.41) is 0.546. The Balaban J connectivity index is 1.71. The van der Waals surface area contributed by atoms with Gasteiger partial charge in [-0.15, -0.1) is 0 Å². The molecule has 0 radical (unpaired) electrons. The van der Waals surface area contributed by atoms with E-state index in [1.54, 1.807) is 47.6 Å². The maximum absolute atomic E-state index is 14.1. The molecule has 134 valence electrons. The van der Waals surface area contributed by atoms with Gasteiger partial charge < -0.3 is 4.42 Å². The van der Waals surface area contributed by atoms with Crippen LogP contribution < -0.4 is 0 Å². The van der Waals surface area contributed by atoms with Gasteiger partial charge in [0, 0.05) is 12.1 Å². The molecular weight excluding hydrogens is 351 g/mol. The van der Waals surface area contributed by atoms with Crippen molar-refractivity contribution in [1.82, 2.24) is 4.90 Å². The number of amidine groups is 1. The molecule has 0 spiro atoms. The number of benzene rings is 1. The number of amides is 1. The van der Waals surface area contributed by atoms with Crippen molar-refractivity contribution in [3.05, 3.63) is 59.1 Å². The van der Waals surface area contributed by atoms with E-state index in [1.807, 2.05) is 0 Å². The zero-order valence-corrected chi connectivity index (χ0v) is 15.0. The number of carbonyl (C=O) groups is 1. The predicted octanol–water partition coefficient (Wildman–Crippen LogP) is 5.36. The molecule has 2 fully saturated rings. The first-order valence-corrected chi connectivity index (χ1v) is 9.64. The van der Waals surface area contributed by atoms with Gasteiger partial charge in [-0.05, 0) is 48.9 Å². The quantitative estimate of drug-likeness (QED) is 0.684. The molecule has 26 heavy (non-hydrogen) atoms. The number of halogens is 1. The van der Waals surface area contributed by atoms with E-state index in [1.165, 1.54) is 24.2 Å². The number of rotatable bonds is 3. The summed E-state index contributed by atoms with van der Waals surface area (Å²) in [6.45, 7) is 0. The minimum absolute atomic E-state index is 0.0756. The van der Waals surface area contributed by atoms with Crippen LogP contribution in [0.15, 0.2) is 57.0 Å². The fourth-order valence-electron chi connectivity index (χ4n) is 3.37. The standard InChI is InChI=1S/C20H19FN2O2S/c21-16-10-4-5-11-17(16)22-20-23(14-7-2-1-3-8-14)19(24)18(26-20)13-15-9-6-12-25-15/h4-6,9-14H,1-3,7-8H2/b18-13-,22-20?. The lowest BCUT2D eigenvalue weighted by Gasteiger charge is -2.30. The summed E-state index contributed by atoms with van der Waals surface area (Å²) < 4.78 is 19.4. The highest BCUT2D eigenvalue weighted by molar-refractivity contribution is 8.18. The van der Waals surface area contributed by atoms with E-state index in [0.717, 1.165) is 25.7 Å². The third kappa shape index (κ3) is 3.46. The van der Waals surface area contributed by atoms with E-state index >= 15 is 0 Å². The number of hydrogen-bond donors (Lipinski definition) is 0. The minimum Gasteiger partial charge on any atom is -0.465 e. The molecule has 1 amide bonds. The van der Waals surface area contributed by atoms with E-state index in [-0.39, 0.29) is 23.5 Å². The zero-order chi connectivity index (χ0) is 17.9. The molecule has 4 nitrogen and oxygen atoms in total. The third-order valence-electron chi connectivity index (χ3n) is 4.66. The summed E-state index contributed by atoms with van der Waals surface area (Å²) in [5.74, 6) is 0.157. The van der Waals surface area contributed by atoms with Gasteiger partial charge >= 0.3 is 0 Å². The number of hydrogen-bond acceptors (Lipinski definition) is 4. The van der Waals surface area contributed by atoms with Crippen LogP contribution in [0.25, 0.3) is 6.08 Å². The van der Waals surface area contributed by atoms with Crippen LogP contribution in [-0.2, 0) is 4.79 Å². The molecule has 1 aromatic carbocycles. The van der Waals surface area contributed by atoms with Crippen LogP contribution in [0.3, 0.4) is 0 Å². The van der Waals surface area contributed by atoms with Crippen molar-refractivity contribution in [3.8, 4) is 0 Å². The van der Waals surface area contributed by atoms with Crippen molar-refractivity contribution in [2.24, 2.45) is 4.99 Å². The number of furan rings is 1. The molecule has 6 heteroatoms. The molecule has 1 saturated heterocycles. The largest absolute Gasteiger partial charge is 0.465 e. The summed E-state index contributed by atoms with van der Waals surface area (Å²) >= 11 is 1.28. The Morgan fingerprint density at radius 3 is 2.69 bits per heavy atom. The summed E-state index contributed by atoms with van der Waals surface area (Å²) in [6.07, 6.45) is 8.61. The van der Waals surface area contributed by atoms with Crippen LogP contribution in [0.1, 0.15) is 37.9 Å². The average Bonchev–Trinajstić information content (AvgIpc) is 3.27. The monoisotopic (exact) mass is 370 g/mol. The van der Waals surface area contributed by atoms with Gasteiger partial charge in [-0.3, -0.25) is 9.69 Å². The average molecular weight is 370 g/mol. The highest BCUT2D eigenvalue weighted by atomic mass is 32.2. The molecule has 2 aliphatic rings. The van der Waals surface area contributed by atoms with Gasteiger partial charge in [-0.2, -0.15) is 0 Å². The van der Waals surface area contributed by atoms with Crippen LogP contribution in [0.4, 0.5) is 10.1 Å². The number of para-hydroxylation sites is 1. The van der Waals surface area contributed by atoms with Crippen molar-refractivity contribution in [2.45, 2.75) is 38.1 Å². The third-order valence-corrected chi connectivity index (χ3v) is 5.64. The first-order valence-electron chi connectivity index (χ1n) is 8.82. The van der Waals surface area contributed by atoms with Crippen LogP contribution in [0, 0.1) is 5.82 Å². The smallest absolute Gasteiger partial charge is 0.267 e. The van der Waals surface area contributed by atoms with E-state index < -0.39 is 0 Å². The molecule has 1 aliphatic heterocycles. The Morgan fingerprint density at radius 1 is 1.15 bits per heavy atom. The fourth-order valence-corrected chi connectivity index (χ4v) is 4.41. The second-order valence-electron chi connectivity index (χ2n) is 6.44. The molecule has 0 unspecified atom stereocenters. The van der Waals surface area contributed by atoms with Gasteiger partial charge in [-0.25, -0.2) is 9.38 Å². The van der Waals surface area contributed by atoms with Crippen molar-refractivity contribution < 1.29 is 13.6 Å². The van der Waals surface area contributed by atoms with Gasteiger partial charge in [0.15, 0.2) is 5.17 Å². The zero-order valence-electron chi connectivity index (χ0n) is 14.2. The molecule has 1 saturated carbocycles. The predicted molar refractivity (Wildman–Crippen MR) is 101 cm³/mol. The molecule has 0 bridgehead atoms. The maximum atomic E-state index is 14.1. The topological polar surface area (TPSA) is 45.8 Å². The van der Waals surface area contributed by atoms with Gasteiger partial charge in [0.1, 0.15) is 17.3 Å². The lowest BCUT2D eigenvalue weighted by atomic mass is 9.94. The first kappa shape index (κ1) is 17.1. The Hall–Kier alpha value is -2.34. The fraction of sp³-hybridized carbons (Fsp3) is 0.300. The number of thioether (sulfide) groups is 1. The number of carbonyl (C=O) groups excluding carboxylic acids is 1. The number of nitrogens with zero attached hydrogens (tertiary/aromatic N) is 2. The lowest BCUT2D eigenvalue weighted by Crippen LogP contribution is -2.40. The van der Waals surface area contributed by atoms with E-state index in [4.69, 9.17) is 4.42 Å². The van der Waals surface area contributed by atoms with Gasteiger partial charge in [0.2, 0.25) is 0 Å². The van der Waals surface area contributed by atoms with Crippen LogP contribution in [0.5, 0.6) is 0 Å². The van der Waals surface area contributed by atoms with Crippen molar-refractivity contribution in [1.29, 1.82) is 0 Å². The Morgan fingerprint density at radius 2 is 1.96 bits per heavy atom. The van der Waals surface area contributed by atoms with Crippen molar-refractivity contribution in [3.63, 3.8) is 0 Å². The normalized spacial score (nSPS) is 21.9. The molecule has 4 rings (SSSR count). The van der Waals surface area contributed by atoms with Gasteiger partial charge in [-0.1, -0.05) is 31.4 Å². The lowest BCUT2D eigenvalue weighted by molar-refractivity contribution is -0.124. The van der Waals surface area contributed by atoms with E-state index in [0.29, 0.717) is 15.8 Å². The van der Waals surface area contributed by atoms with E-state index in [2.05, 4.69) is 4.99 Å². The SMILES string of the molecule is O=C1/C(=C/c2ccco2)SC(=Nc2ccccc2F)N1C1CCCCC1. The summed E-state index contributed by atoms with van der Waals surface area (Å²) in [4.78, 5) is 19.8. The summed E-state index contributed by atoms with van der Waals surface area (Å²) in [7, 11) is 0. The van der Waals surface area contributed by atoms with E-state index in [9.17, 15) is 9.18 Å². The Labute approximate surface area is 155 Å². The van der Waals surface area contributed by atoms with Gasteiger partial charge in [0.25, 0.3) is 5.91 Å². The van der Waals surface area contributed by atoms with Crippen molar-refractivity contribution >= 4 is 34.6 Å². The molecular formula is C20H19FN2O2S. The summed E-state index contributed by atoms with van der Waals surface area (Å²) in [5.41, 5.74) is 0.253. The molecule has 1 aromatic heterocycles. The highest BCUT2D eigenvalue weighted by Gasteiger charge is 2.38. The molecule has 0 N–H and O–H groups in total. The molecule has 2 aromatic rings. The highest BCUT2D eigenvalue weighted by Crippen LogP contribution is 2.38. The van der Waals surface area contributed by atoms with Crippen LogP contribution in [-0.4, -0.2) is 22.0 Å². The minimum atomic E-state index is -0.389. The number of aliphatic imine (C=N–C) groups is 1. The van der Waals surface area contributed by atoms with Crippen LogP contribution >= 0.6 is 11.8 Å². The second kappa shape index (κ2) is 7.50. The maximum Gasteiger partial charge on any atom is 0.267 e. The van der Waals surface area contributed by atoms with Crippen molar-refractivity contribution in [2.75, 3.05) is 0 Å². The van der Waals surface area contributed by atoms with Crippen LogP contribution in [0.2, 0.25) is 0 Å². The Kier molecular flexibility index (Phi) is 4.93. The molecule has 0 atom stereocenters. The molecule has 2 heterocycles. The first-order chi connectivity index (χ1) is 12.7. The molecule has 1 aliphatic carbocycles. The second-order valence-corrected chi connectivity index (χ2v) is 7.45. The Bertz CT molecular complexity index is 854. The summed E-state index contributed by atoms with van der Waals surface area (Å²) in [6, 6.07) is 10.1.